The SMILES string of the molecule is CCNC(=O)CN(C)C(=O)C1CC(N)CCC1C. The van der Waals surface area contributed by atoms with E-state index in [2.05, 4.69) is 12.2 Å². The number of nitrogens with zero attached hydrogens (tertiary/aromatic N) is 1. The Morgan fingerprint density at radius 1 is 1.39 bits per heavy atom. The van der Waals surface area contributed by atoms with Gasteiger partial charge >= 0.3 is 0 Å². The number of rotatable bonds is 4. The molecule has 1 rings (SSSR count). The van der Waals surface area contributed by atoms with Gasteiger partial charge in [-0.1, -0.05) is 6.92 Å². The molecule has 1 saturated carbocycles. The first-order chi connectivity index (χ1) is 8.45. The molecule has 0 aliphatic heterocycles. The van der Waals surface area contributed by atoms with Crippen LogP contribution in [0.25, 0.3) is 0 Å². The summed E-state index contributed by atoms with van der Waals surface area (Å²) in [6.45, 7) is 4.67. The number of nitrogens with one attached hydrogen (secondary N) is 1. The largest absolute Gasteiger partial charge is 0.355 e. The van der Waals surface area contributed by atoms with Crippen LogP contribution in [-0.2, 0) is 9.59 Å². The third-order valence-corrected chi connectivity index (χ3v) is 3.68. The Labute approximate surface area is 109 Å². The van der Waals surface area contributed by atoms with Crippen LogP contribution in [-0.4, -0.2) is 42.9 Å². The van der Waals surface area contributed by atoms with Crippen LogP contribution in [0, 0.1) is 11.8 Å². The predicted molar refractivity (Wildman–Crippen MR) is 70.8 cm³/mol. The second kappa shape index (κ2) is 6.73. The first-order valence-electron chi connectivity index (χ1n) is 6.73. The third kappa shape index (κ3) is 3.98. The predicted octanol–water partition coefficient (Wildman–Crippen LogP) is 0.344. The zero-order chi connectivity index (χ0) is 13.7. The highest BCUT2D eigenvalue weighted by molar-refractivity contribution is 5.85. The molecule has 0 aromatic rings. The van der Waals surface area contributed by atoms with Crippen molar-refractivity contribution < 1.29 is 9.59 Å². The van der Waals surface area contributed by atoms with E-state index in [1.807, 2.05) is 6.92 Å². The summed E-state index contributed by atoms with van der Waals surface area (Å²) in [6.07, 6.45) is 2.72. The topological polar surface area (TPSA) is 75.4 Å². The molecule has 3 atom stereocenters. The van der Waals surface area contributed by atoms with Crippen molar-refractivity contribution in [3.05, 3.63) is 0 Å². The monoisotopic (exact) mass is 255 g/mol. The summed E-state index contributed by atoms with van der Waals surface area (Å²) in [5.74, 6) is 0.257. The van der Waals surface area contributed by atoms with E-state index in [1.165, 1.54) is 4.90 Å². The molecule has 104 valence electrons. The smallest absolute Gasteiger partial charge is 0.239 e. The lowest BCUT2D eigenvalue weighted by Gasteiger charge is -2.34. The van der Waals surface area contributed by atoms with Crippen molar-refractivity contribution in [3.63, 3.8) is 0 Å². The molecular formula is C13H25N3O2. The minimum absolute atomic E-state index is 0.0341. The molecule has 0 bridgehead atoms. The molecule has 3 N–H and O–H groups in total. The lowest BCUT2D eigenvalue weighted by molar-refractivity contribution is -0.140. The lowest BCUT2D eigenvalue weighted by atomic mass is 9.77. The quantitative estimate of drug-likeness (QED) is 0.761. The van der Waals surface area contributed by atoms with E-state index in [4.69, 9.17) is 5.73 Å². The summed E-state index contributed by atoms with van der Waals surface area (Å²) in [4.78, 5) is 25.3. The van der Waals surface area contributed by atoms with Crippen LogP contribution < -0.4 is 11.1 Å². The Bertz CT molecular complexity index is 307. The summed E-state index contributed by atoms with van der Waals surface area (Å²) < 4.78 is 0. The standard InChI is InChI=1S/C13H25N3O2/c1-4-15-12(17)8-16(3)13(18)11-7-10(14)6-5-9(11)2/h9-11H,4-8,14H2,1-3H3,(H,15,17). The van der Waals surface area contributed by atoms with E-state index >= 15 is 0 Å². The number of carbonyl (C=O) groups is 2. The van der Waals surface area contributed by atoms with Gasteiger partial charge in [0.25, 0.3) is 0 Å². The molecule has 0 aromatic heterocycles. The van der Waals surface area contributed by atoms with Crippen molar-refractivity contribution in [3.8, 4) is 0 Å². The Morgan fingerprint density at radius 2 is 2.06 bits per heavy atom. The van der Waals surface area contributed by atoms with Gasteiger partial charge < -0.3 is 16.0 Å². The lowest BCUT2D eigenvalue weighted by Crippen LogP contribution is -2.45. The molecule has 0 radical (unpaired) electrons. The van der Waals surface area contributed by atoms with Gasteiger partial charge in [-0.25, -0.2) is 0 Å². The molecule has 0 aromatic carbocycles. The number of hydrogen-bond acceptors (Lipinski definition) is 3. The number of carbonyl (C=O) groups excluding carboxylic acids is 2. The molecule has 0 saturated heterocycles. The molecular weight excluding hydrogens is 230 g/mol. The van der Waals surface area contributed by atoms with Crippen LogP contribution in [0.15, 0.2) is 0 Å². The van der Waals surface area contributed by atoms with Gasteiger partial charge in [-0.05, 0) is 32.1 Å². The van der Waals surface area contributed by atoms with Crippen molar-refractivity contribution >= 4 is 11.8 Å². The van der Waals surface area contributed by atoms with Crippen LogP contribution in [0.1, 0.15) is 33.1 Å². The van der Waals surface area contributed by atoms with Crippen LogP contribution >= 0.6 is 0 Å². The van der Waals surface area contributed by atoms with Gasteiger partial charge in [0.2, 0.25) is 11.8 Å². The molecule has 0 spiro atoms. The molecule has 1 aliphatic carbocycles. The Kier molecular flexibility index (Phi) is 5.59. The molecule has 1 aliphatic rings. The Morgan fingerprint density at radius 3 is 2.67 bits per heavy atom. The van der Waals surface area contributed by atoms with Gasteiger partial charge in [0.05, 0.1) is 6.54 Å². The fourth-order valence-electron chi connectivity index (χ4n) is 2.53. The third-order valence-electron chi connectivity index (χ3n) is 3.68. The van der Waals surface area contributed by atoms with Crippen LogP contribution in [0.4, 0.5) is 0 Å². The van der Waals surface area contributed by atoms with E-state index in [0.717, 1.165) is 19.3 Å². The molecule has 3 unspecified atom stereocenters. The maximum Gasteiger partial charge on any atom is 0.239 e. The van der Waals surface area contributed by atoms with Gasteiger partial charge in [-0.2, -0.15) is 0 Å². The van der Waals surface area contributed by atoms with Crippen molar-refractivity contribution in [2.45, 2.75) is 39.2 Å². The van der Waals surface area contributed by atoms with Crippen molar-refractivity contribution in [2.75, 3.05) is 20.1 Å². The van der Waals surface area contributed by atoms with E-state index in [0.29, 0.717) is 12.5 Å². The second-order valence-electron chi connectivity index (χ2n) is 5.30. The summed E-state index contributed by atoms with van der Waals surface area (Å²) >= 11 is 0. The minimum Gasteiger partial charge on any atom is -0.355 e. The average molecular weight is 255 g/mol. The summed E-state index contributed by atoms with van der Waals surface area (Å²) in [6, 6.07) is 0.119. The zero-order valence-electron chi connectivity index (χ0n) is 11.6. The summed E-state index contributed by atoms with van der Waals surface area (Å²) in [5.41, 5.74) is 5.92. The van der Waals surface area contributed by atoms with E-state index in [9.17, 15) is 9.59 Å². The fraction of sp³-hybridized carbons (Fsp3) is 0.846. The van der Waals surface area contributed by atoms with Gasteiger partial charge in [0, 0.05) is 25.6 Å². The minimum atomic E-state index is -0.110. The highest BCUT2D eigenvalue weighted by atomic mass is 16.2. The first-order valence-corrected chi connectivity index (χ1v) is 6.73. The van der Waals surface area contributed by atoms with Crippen LogP contribution in [0.3, 0.4) is 0 Å². The molecule has 5 heteroatoms. The number of likely N-dealkylation sites (N-methyl/N-ethyl adjacent to an activating group) is 2. The van der Waals surface area contributed by atoms with Gasteiger partial charge in [-0.3, -0.25) is 9.59 Å². The van der Waals surface area contributed by atoms with Crippen molar-refractivity contribution in [1.82, 2.24) is 10.2 Å². The van der Waals surface area contributed by atoms with Crippen LogP contribution in [0.5, 0.6) is 0 Å². The average Bonchev–Trinajstić information content (AvgIpc) is 2.31. The second-order valence-corrected chi connectivity index (χ2v) is 5.30. The number of nitrogens with two attached hydrogens (primary N) is 1. The molecule has 0 heterocycles. The highest BCUT2D eigenvalue weighted by Crippen LogP contribution is 2.30. The Balaban J connectivity index is 2.54. The molecule has 2 amide bonds. The zero-order valence-corrected chi connectivity index (χ0v) is 11.6. The molecule has 5 nitrogen and oxygen atoms in total. The fourth-order valence-corrected chi connectivity index (χ4v) is 2.53. The van der Waals surface area contributed by atoms with Crippen molar-refractivity contribution in [1.29, 1.82) is 0 Å². The normalized spacial score (nSPS) is 27.7. The van der Waals surface area contributed by atoms with Gasteiger partial charge in [-0.15, -0.1) is 0 Å². The number of amides is 2. The number of hydrogen-bond donors (Lipinski definition) is 2. The van der Waals surface area contributed by atoms with Gasteiger partial charge in [0.1, 0.15) is 0 Å². The van der Waals surface area contributed by atoms with E-state index in [-0.39, 0.29) is 30.3 Å². The summed E-state index contributed by atoms with van der Waals surface area (Å²) in [5, 5.41) is 2.70. The molecule has 1 fully saturated rings. The summed E-state index contributed by atoms with van der Waals surface area (Å²) in [7, 11) is 1.68. The maximum absolute atomic E-state index is 12.3. The first kappa shape index (κ1) is 15.0. The highest BCUT2D eigenvalue weighted by Gasteiger charge is 2.33. The van der Waals surface area contributed by atoms with Crippen molar-refractivity contribution in [2.24, 2.45) is 17.6 Å². The van der Waals surface area contributed by atoms with Crippen LogP contribution in [0.2, 0.25) is 0 Å². The van der Waals surface area contributed by atoms with Gasteiger partial charge in [0.15, 0.2) is 0 Å². The van der Waals surface area contributed by atoms with E-state index < -0.39 is 0 Å². The van der Waals surface area contributed by atoms with E-state index in [1.54, 1.807) is 7.05 Å². The maximum atomic E-state index is 12.3. The Hall–Kier alpha value is -1.10. The molecule has 18 heavy (non-hydrogen) atoms.